The van der Waals surface area contributed by atoms with Gasteiger partial charge in [-0.05, 0) is 45.8 Å². The molecule has 0 atom stereocenters. The Hall–Kier alpha value is -1.86. The van der Waals surface area contributed by atoms with E-state index in [1.54, 1.807) is 24.3 Å². The molecule has 21 heavy (non-hydrogen) atoms. The fourth-order valence-electron chi connectivity index (χ4n) is 1.71. The zero-order chi connectivity index (χ0) is 15.5. The molecule has 0 saturated heterocycles. The molecule has 2 N–H and O–H groups in total. The van der Waals surface area contributed by atoms with Gasteiger partial charge in [-0.1, -0.05) is 24.3 Å². The van der Waals surface area contributed by atoms with Gasteiger partial charge in [0.1, 0.15) is 0 Å². The summed E-state index contributed by atoms with van der Waals surface area (Å²) in [5.41, 5.74) is 0.981. The molecular weight excluding hydrogens is 358 g/mol. The summed E-state index contributed by atoms with van der Waals surface area (Å²) in [6, 6.07) is 12.6. The van der Waals surface area contributed by atoms with E-state index in [9.17, 15) is 13.2 Å². The number of hydrogen-bond acceptors (Lipinski definition) is 3. The Morgan fingerprint density at radius 3 is 2.29 bits per heavy atom. The van der Waals surface area contributed by atoms with E-state index < -0.39 is 16.0 Å². The number of sulfonamides is 1. The van der Waals surface area contributed by atoms with E-state index in [0.29, 0.717) is 15.7 Å². The molecule has 0 aliphatic heterocycles. The monoisotopic (exact) mass is 369 g/mol. The van der Waals surface area contributed by atoms with Gasteiger partial charge in [-0.15, -0.1) is 0 Å². The van der Waals surface area contributed by atoms with Crippen molar-refractivity contribution in [2.75, 3.05) is 4.72 Å². The van der Waals surface area contributed by atoms with E-state index in [1.165, 1.54) is 24.3 Å². The molecule has 2 aromatic carbocycles. The highest BCUT2D eigenvalue weighted by molar-refractivity contribution is 9.10. The molecule has 0 radical (unpaired) electrons. The molecule has 2 rings (SSSR count). The van der Waals surface area contributed by atoms with E-state index in [2.05, 4.69) is 20.7 Å². The van der Waals surface area contributed by atoms with Gasteiger partial charge in [0.2, 0.25) is 0 Å². The van der Waals surface area contributed by atoms with Crippen LogP contribution in [0.4, 0.5) is 5.69 Å². The second-order valence-corrected chi connectivity index (χ2v) is 6.84. The van der Waals surface area contributed by atoms with Crippen molar-refractivity contribution in [1.82, 2.24) is 0 Å². The van der Waals surface area contributed by atoms with Gasteiger partial charge in [-0.2, -0.15) is 0 Å². The first-order chi connectivity index (χ1) is 9.88. The predicted molar refractivity (Wildman–Crippen MR) is 82.7 cm³/mol. The molecule has 0 saturated carbocycles. The standard InChI is InChI=1S/C14H12BrNO4S/c15-12-3-1-2-4-13(12)16-21(19,20)11-7-5-10(6-8-11)9-14(17)18/h1-8,16H,9H2,(H,17,18). The Balaban J connectivity index is 2.24. The number of carbonyl (C=O) groups is 1. The average molecular weight is 370 g/mol. The second-order valence-electron chi connectivity index (χ2n) is 4.30. The third kappa shape index (κ3) is 4.05. The quantitative estimate of drug-likeness (QED) is 0.848. The van der Waals surface area contributed by atoms with Gasteiger partial charge >= 0.3 is 5.97 Å². The molecule has 0 amide bonds. The molecule has 0 fully saturated rings. The summed E-state index contributed by atoms with van der Waals surface area (Å²) >= 11 is 3.27. The third-order valence-electron chi connectivity index (χ3n) is 2.71. The molecular formula is C14H12BrNO4S. The molecule has 2 aromatic rings. The van der Waals surface area contributed by atoms with Crippen molar-refractivity contribution < 1.29 is 18.3 Å². The van der Waals surface area contributed by atoms with Crippen LogP contribution in [0.3, 0.4) is 0 Å². The molecule has 110 valence electrons. The normalized spacial score (nSPS) is 11.1. The number of hydrogen-bond donors (Lipinski definition) is 2. The van der Waals surface area contributed by atoms with Crippen LogP contribution in [0.15, 0.2) is 57.9 Å². The van der Waals surface area contributed by atoms with Gasteiger partial charge in [0.15, 0.2) is 0 Å². The summed E-state index contributed by atoms with van der Waals surface area (Å²) in [5.74, 6) is -0.961. The van der Waals surface area contributed by atoms with E-state index >= 15 is 0 Å². The zero-order valence-electron chi connectivity index (χ0n) is 10.8. The Morgan fingerprint density at radius 1 is 1.10 bits per heavy atom. The van der Waals surface area contributed by atoms with Crippen molar-refractivity contribution >= 4 is 37.6 Å². The summed E-state index contributed by atoms with van der Waals surface area (Å²) in [6.45, 7) is 0. The van der Waals surface area contributed by atoms with Crippen LogP contribution in [0.25, 0.3) is 0 Å². The van der Waals surface area contributed by atoms with Crippen LogP contribution in [-0.2, 0) is 21.2 Å². The molecule has 0 bridgehead atoms. The highest BCUT2D eigenvalue weighted by atomic mass is 79.9. The van der Waals surface area contributed by atoms with Crippen molar-refractivity contribution in [2.24, 2.45) is 0 Å². The van der Waals surface area contributed by atoms with E-state index in [1.807, 2.05) is 0 Å². The first-order valence-electron chi connectivity index (χ1n) is 5.96. The molecule has 0 unspecified atom stereocenters. The fourth-order valence-corrected chi connectivity index (χ4v) is 3.30. The molecule has 5 nitrogen and oxygen atoms in total. The van der Waals surface area contributed by atoms with E-state index in [-0.39, 0.29) is 11.3 Å². The number of halogens is 1. The number of para-hydroxylation sites is 1. The van der Waals surface area contributed by atoms with Crippen molar-refractivity contribution in [3.8, 4) is 0 Å². The van der Waals surface area contributed by atoms with Crippen LogP contribution >= 0.6 is 15.9 Å². The minimum Gasteiger partial charge on any atom is -0.481 e. The van der Waals surface area contributed by atoms with Crippen molar-refractivity contribution in [1.29, 1.82) is 0 Å². The van der Waals surface area contributed by atoms with Crippen molar-refractivity contribution in [3.05, 3.63) is 58.6 Å². The van der Waals surface area contributed by atoms with Gasteiger partial charge in [-0.3, -0.25) is 9.52 Å². The number of carboxylic acids is 1. The fraction of sp³-hybridized carbons (Fsp3) is 0.0714. The highest BCUT2D eigenvalue weighted by Crippen LogP contribution is 2.24. The topological polar surface area (TPSA) is 83.5 Å². The highest BCUT2D eigenvalue weighted by Gasteiger charge is 2.15. The van der Waals surface area contributed by atoms with Gasteiger partial charge < -0.3 is 5.11 Å². The van der Waals surface area contributed by atoms with Crippen LogP contribution in [0, 0.1) is 0 Å². The molecule has 0 aliphatic rings. The smallest absolute Gasteiger partial charge is 0.307 e. The molecule has 0 heterocycles. The molecule has 0 spiro atoms. The number of nitrogens with one attached hydrogen (secondary N) is 1. The number of anilines is 1. The summed E-state index contributed by atoms with van der Waals surface area (Å²) < 4.78 is 27.6. The Morgan fingerprint density at radius 2 is 1.71 bits per heavy atom. The maximum absolute atomic E-state index is 12.2. The SMILES string of the molecule is O=C(O)Cc1ccc(S(=O)(=O)Nc2ccccc2Br)cc1. The van der Waals surface area contributed by atoms with E-state index in [0.717, 1.165) is 0 Å². The van der Waals surface area contributed by atoms with E-state index in [4.69, 9.17) is 5.11 Å². The number of rotatable bonds is 5. The lowest BCUT2D eigenvalue weighted by molar-refractivity contribution is -0.136. The number of benzene rings is 2. The first-order valence-corrected chi connectivity index (χ1v) is 8.24. The second kappa shape index (κ2) is 6.28. The van der Waals surface area contributed by atoms with Crippen LogP contribution in [0.2, 0.25) is 0 Å². The minimum atomic E-state index is -3.71. The predicted octanol–water partition coefficient (Wildman–Crippen LogP) is 2.88. The third-order valence-corrected chi connectivity index (χ3v) is 4.78. The van der Waals surface area contributed by atoms with Gasteiger partial charge in [0.25, 0.3) is 10.0 Å². The van der Waals surface area contributed by atoms with Crippen LogP contribution in [-0.4, -0.2) is 19.5 Å². The van der Waals surface area contributed by atoms with Crippen LogP contribution in [0.5, 0.6) is 0 Å². The lowest BCUT2D eigenvalue weighted by atomic mass is 10.2. The average Bonchev–Trinajstić information content (AvgIpc) is 2.41. The minimum absolute atomic E-state index is 0.0763. The maximum atomic E-state index is 12.2. The van der Waals surface area contributed by atoms with Crippen LogP contribution < -0.4 is 4.72 Å². The number of carboxylic acid groups (broad SMARTS) is 1. The first kappa shape index (κ1) is 15.5. The summed E-state index contributed by atoms with van der Waals surface area (Å²) in [5, 5.41) is 8.69. The lowest BCUT2D eigenvalue weighted by Gasteiger charge is -2.10. The summed E-state index contributed by atoms with van der Waals surface area (Å²) in [6.07, 6.45) is -0.141. The van der Waals surface area contributed by atoms with Crippen molar-refractivity contribution in [2.45, 2.75) is 11.3 Å². The molecule has 0 aliphatic carbocycles. The Kier molecular flexibility index (Phi) is 4.64. The Bertz CT molecular complexity index is 757. The lowest BCUT2D eigenvalue weighted by Crippen LogP contribution is -2.13. The van der Waals surface area contributed by atoms with Gasteiger partial charge in [-0.25, -0.2) is 8.42 Å². The summed E-state index contributed by atoms with van der Waals surface area (Å²) in [7, 11) is -3.71. The zero-order valence-corrected chi connectivity index (χ0v) is 13.2. The maximum Gasteiger partial charge on any atom is 0.307 e. The molecule has 7 heteroatoms. The summed E-state index contributed by atoms with van der Waals surface area (Å²) in [4.78, 5) is 10.7. The largest absolute Gasteiger partial charge is 0.481 e. The van der Waals surface area contributed by atoms with Crippen molar-refractivity contribution in [3.63, 3.8) is 0 Å². The van der Waals surface area contributed by atoms with Gasteiger partial charge in [0.05, 0.1) is 17.0 Å². The van der Waals surface area contributed by atoms with Crippen LogP contribution in [0.1, 0.15) is 5.56 Å². The number of aliphatic carboxylic acids is 1. The van der Waals surface area contributed by atoms with Gasteiger partial charge in [0, 0.05) is 4.47 Å². The molecule has 0 aromatic heterocycles. The Labute approximate surface area is 130 Å².